The van der Waals surface area contributed by atoms with Crippen molar-refractivity contribution in [2.45, 2.75) is 57.4 Å². The maximum Gasteiger partial charge on any atom is 0.256 e. The van der Waals surface area contributed by atoms with E-state index in [9.17, 15) is 9.59 Å². The van der Waals surface area contributed by atoms with Gasteiger partial charge in [0.25, 0.3) is 5.91 Å². The van der Waals surface area contributed by atoms with Gasteiger partial charge in [0.2, 0.25) is 5.91 Å². The highest BCUT2D eigenvalue weighted by Crippen LogP contribution is 2.30. The van der Waals surface area contributed by atoms with E-state index in [0.29, 0.717) is 12.5 Å². The average Bonchev–Trinajstić information content (AvgIpc) is 3.43. The SMILES string of the molecule is CN1CCCCC1CC(=O)Nc1ccc(N2CCCC2)c(C(=O)N2CCCC2)c1. The third-order valence-electron chi connectivity index (χ3n) is 6.69. The molecule has 29 heavy (non-hydrogen) atoms. The minimum absolute atomic E-state index is 0.0391. The molecule has 0 radical (unpaired) electrons. The van der Waals surface area contributed by atoms with Crippen LogP contribution in [-0.4, -0.2) is 67.4 Å². The Morgan fingerprint density at radius 2 is 1.66 bits per heavy atom. The Labute approximate surface area is 174 Å². The van der Waals surface area contributed by atoms with Crippen molar-refractivity contribution in [2.24, 2.45) is 0 Å². The molecule has 0 aromatic heterocycles. The van der Waals surface area contributed by atoms with Crippen LogP contribution in [-0.2, 0) is 4.79 Å². The summed E-state index contributed by atoms with van der Waals surface area (Å²) in [6.07, 6.45) is 8.51. The summed E-state index contributed by atoms with van der Waals surface area (Å²) in [6.45, 7) is 4.74. The first-order chi connectivity index (χ1) is 14.1. The number of anilines is 2. The second-order valence-corrected chi connectivity index (χ2v) is 8.81. The van der Waals surface area contributed by atoms with Crippen LogP contribution in [0.1, 0.15) is 61.7 Å². The van der Waals surface area contributed by atoms with Gasteiger partial charge in [0.1, 0.15) is 0 Å². The molecule has 0 bridgehead atoms. The number of carbonyl (C=O) groups excluding carboxylic acids is 2. The molecule has 4 rings (SSSR count). The minimum Gasteiger partial charge on any atom is -0.371 e. The van der Waals surface area contributed by atoms with Crippen LogP contribution in [0.25, 0.3) is 0 Å². The molecule has 3 aliphatic heterocycles. The van der Waals surface area contributed by atoms with Crippen molar-refractivity contribution in [2.75, 3.05) is 50.0 Å². The molecule has 1 atom stereocenters. The summed E-state index contributed by atoms with van der Waals surface area (Å²) in [5.41, 5.74) is 2.49. The van der Waals surface area contributed by atoms with Crippen LogP contribution in [0.4, 0.5) is 11.4 Å². The first kappa shape index (κ1) is 20.2. The summed E-state index contributed by atoms with van der Waals surface area (Å²) in [5.74, 6) is 0.143. The van der Waals surface area contributed by atoms with Crippen molar-refractivity contribution in [3.8, 4) is 0 Å². The van der Waals surface area contributed by atoms with Crippen LogP contribution in [0.15, 0.2) is 18.2 Å². The van der Waals surface area contributed by atoms with E-state index in [1.165, 1.54) is 25.7 Å². The van der Waals surface area contributed by atoms with Gasteiger partial charge < -0.3 is 20.0 Å². The van der Waals surface area contributed by atoms with Gasteiger partial charge in [0, 0.05) is 50.0 Å². The normalized spacial score (nSPS) is 22.9. The fourth-order valence-corrected chi connectivity index (χ4v) is 4.94. The zero-order valence-corrected chi connectivity index (χ0v) is 17.7. The molecule has 0 saturated carbocycles. The van der Waals surface area contributed by atoms with E-state index < -0.39 is 0 Å². The molecule has 1 unspecified atom stereocenters. The quantitative estimate of drug-likeness (QED) is 0.827. The molecule has 1 N–H and O–H groups in total. The lowest BCUT2D eigenvalue weighted by atomic mass is 10.00. The number of piperidine rings is 1. The molecule has 1 aromatic rings. The van der Waals surface area contributed by atoms with Crippen LogP contribution in [0.2, 0.25) is 0 Å². The second kappa shape index (κ2) is 9.16. The highest BCUT2D eigenvalue weighted by molar-refractivity contribution is 6.02. The summed E-state index contributed by atoms with van der Waals surface area (Å²) in [6, 6.07) is 6.20. The van der Waals surface area contributed by atoms with E-state index in [1.807, 2.05) is 23.1 Å². The topological polar surface area (TPSA) is 55.9 Å². The van der Waals surface area contributed by atoms with Gasteiger partial charge in [0.05, 0.1) is 5.56 Å². The number of nitrogens with zero attached hydrogens (tertiary/aromatic N) is 3. The fraction of sp³-hybridized carbons (Fsp3) is 0.652. The van der Waals surface area contributed by atoms with E-state index in [-0.39, 0.29) is 11.8 Å². The van der Waals surface area contributed by atoms with Crippen molar-refractivity contribution in [1.82, 2.24) is 9.80 Å². The van der Waals surface area contributed by atoms with Gasteiger partial charge in [-0.2, -0.15) is 0 Å². The van der Waals surface area contributed by atoms with Gasteiger partial charge in [-0.25, -0.2) is 0 Å². The first-order valence-electron chi connectivity index (χ1n) is 11.3. The van der Waals surface area contributed by atoms with Gasteiger partial charge in [-0.1, -0.05) is 6.42 Å². The number of amides is 2. The Bertz CT molecular complexity index is 738. The summed E-state index contributed by atoms with van der Waals surface area (Å²) in [7, 11) is 2.11. The third kappa shape index (κ3) is 4.74. The Morgan fingerprint density at radius 3 is 2.38 bits per heavy atom. The molecule has 2 amide bonds. The Morgan fingerprint density at radius 1 is 0.966 bits per heavy atom. The molecule has 3 aliphatic rings. The lowest BCUT2D eigenvalue weighted by molar-refractivity contribution is -0.117. The molecule has 3 saturated heterocycles. The van der Waals surface area contributed by atoms with Crippen LogP contribution in [0, 0.1) is 0 Å². The van der Waals surface area contributed by atoms with Crippen LogP contribution in [0.3, 0.4) is 0 Å². The third-order valence-corrected chi connectivity index (χ3v) is 6.69. The Hall–Kier alpha value is -2.08. The van der Waals surface area contributed by atoms with Crippen molar-refractivity contribution in [1.29, 1.82) is 0 Å². The van der Waals surface area contributed by atoms with Gasteiger partial charge in [-0.05, 0) is 70.3 Å². The molecule has 6 heteroatoms. The highest BCUT2D eigenvalue weighted by Gasteiger charge is 2.26. The first-order valence-corrected chi connectivity index (χ1v) is 11.3. The number of nitrogens with one attached hydrogen (secondary N) is 1. The van der Waals surface area contributed by atoms with Gasteiger partial charge >= 0.3 is 0 Å². The van der Waals surface area contributed by atoms with Crippen LogP contribution < -0.4 is 10.2 Å². The number of rotatable bonds is 5. The summed E-state index contributed by atoms with van der Waals surface area (Å²) >= 11 is 0. The number of hydrogen-bond acceptors (Lipinski definition) is 4. The van der Waals surface area contributed by atoms with Crippen molar-refractivity contribution >= 4 is 23.2 Å². The van der Waals surface area contributed by atoms with Crippen molar-refractivity contribution in [3.05, 3.63) is 23.8 Å². The smallest absolute Gasteiger partial charge is 0.256 e. The standard InChI is InChI=1S/C23H34N4O2/c1-25-11-3-2-8-19(25)17-22(28)24-18-9-10-21(26-12-4-5-13-26)20(16-18)23(29)27-14-6-7-15-27/h9-10,16,19H,2-8,11-15,17H2,1H3,(H,24,28). The molecule has 3 fully saturated rings. The molecule has 6 nitrogen and oxygen atoms in total. The van der Waals surface area contributed by atoms with Crippen molar-refractivity contribution in [3.63, 3.8) is 0 Å². The molecular weight excluding hydrogens is 364 g/mol. The Balaban J connectivity index is 1.50. The maximum atomic E-state index is 13.2. The monoisotopic (exact) mass is 398 g/mol. The average molecular weight is 399 g/mol. The number of carbonyl (C=O) groups is 2. The van der Waals surface area contributed by atoms with Gasteiger partial charge in [0.15, 0.2) is 0 Å². The number of likely N-dealkylation sites (tertiary alicyclic amines) is 2. The summed E-state index contributed by atoms with van der Waals surface area (Å²) in [5, 5.41) is 3.06. The molecule has 0 spiro atoms. The van der Waals surface area contributed by atoms with Gasteiger partial charge in [-0.3, -0.25) is 9.59 Å². The largest absolute Gasteiger partial charge is 0.371 e. The molecular formula is C23H34N4O2. The number of hydrogen-bond donors (Lipinski definition) is 1. The lowest BCUT2D eigenvalue weighted by Gasteiger charge is -2.32. The van der Waals surface area contributed by atoms with Gasteiger partial charge in [-0.15, -0.1) is 0 Å². The number of benzene rings is 1. The Kier molecular flexibility index (Phi) is 6.38. The fourth-order valence-electron chi connectivity index (χ4n) is 4.94. The van der Waals surface area contributed by atoms with Crippen LogP contribution in [0.5, 0.6) is 0 Å². The van der Waals surface area contributed by atoms with E-state index in [2.05, 4.69) is 22.2 Å². The zero-order valence-electron chi connectivity index (χ0n) is 17.7. The van der Waals surface area contributed by atoms with E-state index in [0.717, 1.165) is 68.9 Å². The van der Waals surface area contributed by atoms with E-state index >= 15 is 0 Å². The van der Waals surface area contributed by atoms with Crippen molar-refractivity contribution < 1.29 is 9.59 Å². The maximum absolute atomic E-state index is 13.2. The summed E-state index contributed by atoms with van der Waals surface area (Å²) < 4.78 is 0. The van der Waals surface area contributed by atoms with E-state index in [1.54, 1.807) is 0 Å². The predicted molar refractivity (Wildman–Crippen MR) is 117 cm³/mol. The molecule has 0 aliphatic carbocycles. The summed E-state index contributed by atoms with van der Waals surface area (Å²) in [4.78, 5) is 32.4. The predicted octanol–water partition coefficient (Wildman–Crippen LogP) is 3.34. The van der Waals surface area contributed by atoms with E-state index in [4.69, 9.17) is 0 Å². The molecule has 158 valence electrons. The minimum atomic E-state index is 0.0391. The molecule has 3 heterocycles. The zero-order chi connectivity index (χ0) is 20.2. The lowest BCUT2D eigenvalue weighted by Crippen LogP contribution is -2.38. The second-order valence-electron chi connectivity index (χ2n) is 8.81. The molecule has 1 aromatic carbocycles. The highest BCUT2D eigenvalue weighted by atomic mass is 16.2. The van der Waals surface area contributed by atoms with Crippen LogP contribution >= 0.6 is 0 Å².